The lowest BCUT2D eigenvalue weighted by atomic mass is 10.2. The maximum absolute atomic E-state index is 11.0. The number of benzene rings is 1. The summed E-state index contributed by atoms with van der Waals surface area (Å²) in [5.74, 6) is -0.408. The van der Waals surface area contributed by atoms with Gasteiger partial charge in [0.1, 0.15) is 5.75 Å². The van der Waals surface area contributed by atoms with Crippen LogP contribution in [0.15, 0.2) is 22.7 Å². The van der Waals surface area contributed by atoms with Crippen molar-refractivity contribution in [2.45, 2.75) is 32.4 Å². The molecule has 0 bridgehead atoms. The number of carboxylic acid groups (broad SMARTS) is 1. The van der Waals surface area contributed by atoms with E-state index in [0.717, 1.165) is 16.5 Å². The van der Waals surface area contributed by atoms with Gasteiger partial charge in [-0.1, -0.05) is 29.3 Å². The Bertz CT molecular complexity index is 395. The van der Waals surface area contributed by atoms with Crippen LogP contribution in [-0.4, -0.2) is 17.2 Å². The minimum absolute atomic E-state index is 0.313. The van der Waals surface area contributed by atoms with Gasteiger partial charge >= 0.3 is 5.97 Å². The van der Waals surface area contributed by atoms with E-state index in [9.17, 15) is 4.79 Å². The molecule has 1 atom stereocenters. The maximum atomic E-state index is 11.0. The number of rotatable bonds is 6. The summed E-state index contributed by atoms with van der Waals surface area (Å²) in [6.07, 6.45) is 0.424. The van der Waals surface area contributed by atoms with E-state index in [1.807, 2.05) is 13.0 Å². The lowest BCUT2D eigenvalue weighted by Crippen LogP contribution is -2.27. The fourth-order valence-corrected chi connectivity index (χ4v) is 1.88. The van der Waals surface area contributed by atoms with E-state index in [0.29, 0.717) is 18.7 Å². The third kappa shape index (κ3) is 4.02. The second-order valence-corrected chi connectivity index (χ2v) is 4.61. The van der Waals surface area contributed by atoms with Crippen molar-refractivity contribution < 1.29 is 14.6 Å². The van der Waals surface area contributed by atoms with E-state index in [-0.39, 0.29) is 0 Å². The average Bonchev–Trinajstić information content (AvgIpc) is 2.30. The average molecular weight is 302 g/mol. The minimum atomic E-state index is -0.947. The first-order chi connectivity index (χ1) is 8.08. The normalized spacial score (nSPS) is 12.2. The van der Waals surface area contributed by atoms with E-state index in [2.05, 4.69) is 15.9 Å². The number of nitrogens with two attached hydrogens (primary N) is 1. The summed E-state index contributed by atoms with van der Waals surface area (Å²) in [4.78, 5) is 11.0. The fourth-order valence-electron chi connectivity index (χ4n) is 1.47. The summed E-state index contributed by atoms with van der Waals surface area (Å²) in [5.41, 5.74) is 6.39. The van der Waals surface area contributed by atoms with Crippen LogP contribution >= 0.6 is 15.9 Å². The second-order valence-electron chi connectivity index (χ2n) is 3.69. The van der Waals surface area contributed by atoms with Gasteiger partial charge in [-0.15, -0.1) is 0 Å². The van der Waals surface area contributed by atoms with E-state index in [1.54, 1.807) is 12.1 Å². The predicted molar refractivity (Wildman–Crippen MR) is 69.0 cm³/mol. The van der Waals surface area contributed by atoms with Crippen molar-refractivity contribution in [3.05, 3.63) is 28.2 Å². The SMILES string of the molecule is CCCC(Oc1ccc(Br)cc1CN)C(=O)O. The largest absolute Gasteiger partial charge is 0.479 e. The number of hydrogen-bond donors (Lipinski definition) is 2. The summed E-state index contributed by atoms with van der Waals surface area (Å²) in [7, 11) is 0. The molecule has 0 spiro atoms. The lowest BCUT2D eigenvalue weighted by Gasteiger charge is -2.16. The Hall–Kier alpha value is -1.07. The first kappa shape index (κ1) is 14.0. The van der Waals surface area contributed by atoms with Crippen molar-refractivity contribution >= 4 is 21.9 Å². The molecule has 0 aliphatic rings. The quantitative estimate of drug-likeness (QED) is 0.847. The van der Waals surface area contributed by atoms with Crippen molar-refractivity contribution in [2.75, 3.05) is 0 Å². The van der Waals surface area contributed by atoms with Gasteiger partial charge in [0.25, 0.3) is 0 Å². The lowest BCUT2D eigenvalue weighted by molar-refractivity contribution is -0.145. The Morgan fingerprint density at radius 1 is 1.59 bits per heavy atom. The van der Waals surface area contributed by atoms with E-state index >= 15 is 0 Å². The van der Waals surface area contributed by atoms with Crippen molar-refractivity contribution in [2.24, 2.45) is 5.73 Å². The summed E-state index contributed by atoms with van der Waals surface area (Å²) in [5, 5.41) is 9.02. The Morgan fingerprint density at radius 2 is 2.29 bits per heavy atom. The smallest absolute Gasteiger partial charge is 0.344 e. The number of ether oxygens (including phenoxy) is 1. The maximum Gasteiger partial charge on any atom is 0.344 e. The Kier molecular flexibility index (Phi) is 5.44. The van der Waals surface area contributed by atoms with Gasteiger partial charge in [0, 0.05) is 16.6 Å². The molecule has 0 saturated heterocycles. The van der Waals surface area contributed by atoms with Crippen molar-refractivity contribution in [3.8, 4) is 5.75 Å². The summed E-state index contributed by atoms with van der Waals surface area (Å²) < 4.78 is 6.39. The van der Waals surface area contributed by atoms with Crippen LogP contribution in [0.5, 0.6) is 5.75 Å². The molecule has 4 nitrogen and oxygen atoms in total. The highest BCUT2D eigenvalue weighted by molar-refractivity contribution is 9.10. The zero-order valence-electron chi connectivity index (χ0n) is 9.65. The molecule has 0 fully saturated rings. The molecule has 3 N–H and O–H groups in total. The topological polar surface area (TPSA) is 72.5 Å². The Labute approximate surface area is 109 Å². The number of carboxylic acids is 1. The van der Waals surface area contributed by atoms with Crippen LogP contribution in [0.25, 0.3) is 0 Å². The van der Waals surface area contributed by atoms with Gasteiger partial charge in [0.15, 0.2) is 6.10 Å². The van der Waals surface area contributed by atoms with E-state index < -0.39 is 12.1 Å². The molecule has 1 aromatic carbocycles. The van der Waals surface area contributed by atoms with Crippen molar-refractivity contribution in [3.63, 3.8) is 0 Å². The monoisotopic (exact) mass is 301 g/mol. The number of hydrogen-bond acceptors (Lipinski definition) is 3. The highest BCUT2D eigenvalue weighted by Gasteiger charge is 2.19. The van der Waals surface area contributed by atoms with Gasteiger partial charge in [-0.25, -0.2) is 4.79 Å². The van der Waals surface area contributed by atoms with Crippen LogP contribution in [0.1, 0.15) is 25.3 Å². The zero-order valence-corrected chi connectivity index (χ0v) is 11.2. The molecule has 0 radical (unpaired) electrons. The predicted octanol–water partition coefficient (Wildman–Crippen LogP) is 2.54. The highest BCUT2D eigenvalue weighted by Crippen LogP contribution is 2.24. The molecule has 0 heterocycles. The highest BCUT2D eigenvalue weighted by atomic mass is 79.9. The molecule has 1 rings (SSSR count). The fraction of sp³-hybridized carbons (Fsp3) is 0.417. The third-order valence-corrected chi connectivity index (χ3v) is 2.83. The van der Waals surface area contributed by atoms with Crippen LogP contribution < -0.4 is 10.5 Å². The number of aliphatic carboxylic acids is 1. The Morgan fingerprint density at radius 3 is 2.82 bits per heavy atom. The zero-order chi connectivity index (χ0) is 12.8. The summed E-state index contributed by atoms with van der Waals surface area (Å²) in [6.45, 7) is 2.23. The standard InChI is InChI=1S/C12H16BrNO3/c1-2-3-11(12(15)16)17-10-5-4-9(13)6-8(10)7-14/h4-6,11H,2-3,7,14H2,1H3,(H,15,16). The molecule has 17 heavy (non-hydrogen) atoms. The first-order valence-electron chi connectivity index (χ1n) is 5.46. The molecule has 0 saturated carbocycles. The number of carbonyl (C=O) groups is 1. The van der Waals surface area contributed by atoms with Crippen LogP contribution in [0.3, 0.4) is 0 Å². The van der Waals surface area contributed by atoms with Crippen LogP contribution in [0.2, 0.25) is 0 Å². The van der Waals surface area contributed by atoms with Crippen LogP contribution in [0.4, 0.5) is 0 Å². The Balaban J connectivity index is 2.88. The van der Waals surface area contributed by atoms with Crippen LogP contribution in [-0.2, 0) is 11.3 Å². The van der Waals surface area contributed by atoms with Crippen molar-refractivity contribution in [1.29, 1.82) is 0 Å². The molecule has 0 aliphatic carbocycles. The van der Waals surface area contributed by atoms with Crippen LogP contribution in [0, 0.1) is 0 Å². The molecule has 5 heteroatoms. The minimum Gasteiger partial charge on any atom is -0.479 e. The van der Waals surface area contributed by atoms with Gasteiger partial charge in [-0.2, -0.15) is 0 Å². The second kappa shape index (κ2) is 6.61. The van der Waals surface area contributed by atoms with Gasteiger partial charge in [0.2, 0.25) is 0 Å². The van der Waals surface area contributed by atoms with Gasteiger partial charge in [-0.05, 0) is 24.6 Å². The molecular weight excluding hydrogens is 286 g/mol. The van der Waals surface area contributed by atoms with Gasteiger partial charge in [0.05, 0.1) is 0 Å². The van der Waals surface area contributed by atoms with E-state index in [4.69, 9.17) is 15.6 Å². The molecule has 0 aliphatic heterocycles. The molecule has 0 amide bonds. The molecular formula is C12H16BrNO3. The third-order valence-electron chi connectivity index (χ3n) is 2.34. The van der Waals surface area contributed by atoms with Gasteiger partial charge < -0.3 is 15.6 Å². The van der Waals surface area contributed by atoms with E-state index in [1.165, 1.54) is 0 Å². The van der Waals surface area contributed by atoms with Crippen molar-refractivity contribution in [1.82, 2.24) is 0 Å². The summed E-state index contributed by atoms with van der Waals surface area (Å²) in [6, 6.07) is 5.37. The van der Waals surface area contributed by atoms with Gasteiger partial charge in [-0.3, -0.25) is 0 Å². The molecule has 94 valence electrons. The summed E-state index contributed by atoms with van der Waals surface area (Å²) >= 11 is 3.34. The molecule has 0 aromatic heterocycles. The first-order valence-corrected chi connectivity index (χ1v) is 6.25. The molecule has 1 aromatic rings. The number of halogens is 1. The molecule has 1 unspecified atom stereocenters.